The zero-order valence-corrected chi connectivity index (χ0v) is 17.7. The van der Waals surface area contributed by atoms with E-state index >= 15 is 0 Å². The van der Waals surface area contributed by atoms with Crippen molar-refractivity contribution in [2.24, 2.45) is 5.92 Å². The van der Waals surface area contributed by atoms with Gasteiger partial charge in [-0.2, -0.15) is 0 Å². The summed E-state index contributed by atoms with van der Waals surface area (Å²) < 4.78 is 4.58. The van der Waals surface area contributed by atoms with Crippen molar-refractivity contribution in [3.05, 3.63) is 12.2 Å². The fraction of sp³-hybridized carbons (Fsp3) is 0.833. The molecule has 156 valence electrons. The Morgan fingerprint density at radius 2 is 1.19 bits per heavy atom. The van der Waals surface area contributed by atoms with Gasteiger partial charge >= 0.3 is 11.9 Å². The molecule has 0 saturated carbocycles. The highest BCUT2D eigenvalue weighted by Gasteiger charge is 2.32. The Bertz CT molecular complexity index is 414. The summed E-state index contributed by atoms with van der Waals surface area (Å²) in [5, 5.41) is 0. The molecule has 0 bridgehead atoms. The second-order valence-electron chi connectivity index (χ2n) is 8.14. The van der Waals surface area contributed by atoms with E-state index in [1.165, 1.54) is 96.3 Å². The van der Waals surface area contributed by atoms with E-state index in [-0.39, 0.29) is 17.9 Å². The fourth-order valence-corrected chi connectivity index (χ4v) is 3.86. The van der Waals surface area contributed by atoms with E-state index in [4.69, 9.17) is 0 Å². The van der Waals surface area contributed by atoms with E-state index < -0.39 is 0 Å². The van der Waals surface area contributed by atoms with Crippen LogP contribution in [0.3, 0.4) is 0 Å². The van der Waals surface area contributed by atoms with Crippen molar-refractivity contribution in [3.63, 3.8) is 0 Å². The minimum absolute atomic E-state index is 0.157. The van der Waals surface area contributed by atoms with Crippen LogP contribution < -0.4 is 0 Å². The standard InChI is InChI=1S/C24H42O3/c1-2-3-4-5-6-7-8-9-10-11-12-13-14-15-16-17-18-19-20-22-21-23(25)27-24(22)26/h2-3,22H,4-21H2,1H3/b3-2+. The summed E-state index contributed by atoms with van der Waals surface area (Å²) in [5.74, 6) is -0.801. The highest BCUT2D eigenvalue weighted by molar-refractivity contribution is 5.94. The number of esters is 2. The molecule has 3 heteroatoms. The average molecular weight is 379 g/mol. The molecule has 1 aliphatic rings. The maximum atomic E-state index is 11.4. The van der Waals surface area contributed by atoms with Crippen LogP contribution in [0.25, 0.3) is 0 Å². The monoisotopic (exact) mass is 378 g/mol. The van der Waals surface area contributed by atoms with Crippen molar-refractivity contribution in [2.75, 3.05) is 0 Å². The lowest BCUT2D eigenvalue weighted by atomic mass is 9.98. The summed E-state index contributed by atoms with van der Waals surface area (Å²) in [4.78, 5) is 22.4. The summed E-state index contributed by atoms with van der Waals surface area (Å²) in [6.07, 6.45) is 26.9. The number of carbonyl (C=O) groups is 2. The first-order valence-electron chi connectivity index (χ1n) is 11.6. The highest BCUT2D eigenvalue weighted by atomic mass is 16.6. The minimum Gasteiger partial charge on any atom is -0.393 e. The molecule has 1 aliphatic heterocycles. The van der Waals surface area contributed by atoms with E-state index in [0.717, 1.165) is 12.8 Å². The third-order valence-electron chi connectivity index (χ3n) is 5.62. The lowest BCUT2D eigenvalue weighted by Crippen LogP contribution is -2.06. The lowest BCUT2D eigenvalue weighted by molar-refractivity contribution is -0.153. The van der Waals surface area contributed by atoms with Crippen molar-refractivity contribution >= 4 is 11.9 Å². The van der Waals surface area contributed by atoms with Gasteiger partial charge in [-0.25, -0.2) is 0 Å². The maximum absolute atomic E-state index is 11.4. The number of ether oxygens (including phenoxy) is 1. The van der Waals surface area contributed by atoms with Gasteiger partial charge in [0, 0.05) is 0 Å². The van der Waals surface area contributed by atoms with Gasteiger partial charge in [-0.3, -0.25) is 9.59 Å². The lowest BCUT2D eigenvalue weighted by Gasteiger charge is -2.05. The molecule has 0 spiro atoms. The molecule has 0 N–H and O–H groups in total. The Kier molecular flexibility index (Phi) is 15.1. The molecular formula is C24H42O3. The predicted octanol–water partition coefficient (Wildman–Crippen LogP) is 7.28. The number of cyclic esters (lactones) is 2. The van der Waals surface area contributed by atoms with Crippen LogP contribution in [0.2, 0.25) is 0 Å². The van der Waals surface area contributed by atoms with Crippen LogP contribution in [0, 0.1) is 5.92 Å². The summed E-state index contributed by atoms with van der Waals surface area (Å²) in [6.45, 7) is 2.10. The first-order valence-corrected chi connectivity index (χ1v) is 11.6. The summed E-state index contributed by atoms with van der Waals surface area (Å²) in [7, 11) is 0. The molecular weight excluding hydrogens is 336 g/mol. The molecule has 0 radical (unpaired) electrons. The molecule has 3 nitrogen and oxygen atoms in total. The Labute approximate surface area is 167 Å². The normalized spacial score (nSPS) is 17.1. The second kappa shape index (κ2) is 17.0. The van der Waals surface area contributed by atoms with Crippen LogP contribution in [0.1, 0.15) is 122 Å². The summed E-state index contributed by atoms with van der Waals surface area (Å²) in [5.41, 5.74) is 0. The van der Waals surface area contributed by atoms with Crippen molar-refractivity contribution in [1.82, 2.24) is 0 Å². The molecule has 0 aromatic carbocycles. The van der Waals surface area contributed by atoms with Gasteiger partial charge in [0.1, 0.15) is 0 Å². The Balaban J connectivity index is 1.71. The Hall–Kier alpha value is -1.12. The van der Waals surface area contributed by atoms with Gasteiger partial charge < -0.3 is 4.74 Å². The molecule has 27 heavy (non-hydrogen) atoms. The zero-order chi connectivity index (χ0) is 19.6. The molecule has 1 rings (SSSR count). The molecule has 0 aliphatic carbocycles. The Morgan fingerprint density at radius 1 is 0.741 bits per heavy atom. The van der Waals surface area contributed by atoms with Crippen molar-refractivity contribution < 1.29 is 14.3 Å². The molecule has 1 saturated heterocycles. The van der Waals surface area contributed by atoms with Gasteiger partial charge in [-0.1, -0.05) is 102 Å². The molecule has 1 unspecified atom stereocenters. The Morgan fingerprint density at radius 3 is 1.59 bits per heavy atom. The third kappa shape index (κ3) is 13.7. The number of carbonyl (C=O) groups excluding carboxylic acids is 2. The van der Waals surface area contributed by atoms with Crippen LogP contribution in [0.5, 0.6) is 0 Å². The number of hydrogen-bond acceptors (Lipinski definition) is 3. The van der Waals surface area contributed by atoms with E-state index in [9.17, 15) is 9.59 Å². The number of unbranched alkanes of at least 4 members (excludes halogenated alkanes) is 15. The van der Waals surface area contributed by atoms with E-state index in [0.29, 0.717) is 6.42 Å². The van der Waals surface area contributed by atoms with Crippen LogP contribution in [0.4, 0.5) is 0 Å². The van der Waals surface area contributed by atoms with E-state index in [1.54, 1.807) is 0 Å². The quantitative estimate of drug-likeness (QED) is 0.109. The largest absolute Gasteiger partial charge is 0.393 e. The van der Waals surface area contributed by atoms with Crippen LogP contribution >= 0.6 is 0 Å². The van der Waals surface area contributed by atoms with Crippen LogP contribution in [-0.4, -0.2) is 11.9 Å². The van der Waals surface area contributed by atoms with Crippen molar-refractivity contribution in [2.45, 2.75) is 122 Å². The number of allylic oxidation sites excluding steroid dienone is 2. The predicted molar refractivity (Wildman–Crippen MR) is 113 cm³/mol. The molecule has 0 amide bonds. The van der Waals surface area contributed by atoms with Crippen LogP contribution in [-0.2, 0) is 14.3 Å². The maximum Gasteiger partial charge on any atom is 0.317 e. The van der Waals surface area contributed by atoms with Gasteiger partial charge in [-0.15, -0.1) is 0 Å². The van der Waals surface area contributed by atoms with Gasteiger partial charge in [0.25, 0.3) is 0 Å². The molecule has 1 fully saturated rings. The van der Waals surface area contributed by atoms with Gasteiger partial charge in [0.2, 0.25) is 0 Å². The first kappa shape index (κ1) is 23.9. The third-order valence-corrected chi connectivity index (χ3v) is 5.62. The molecule has 0 aromatic heterocycles. The molecule has 1 heterocycles. The SMILES string of the molecule is C/C=C/CCCCCCCCCCCCCCCCCC1CC(=O)OC1=O. The first-order chi connectivity index (χ1) is 13.2. The van der Waals surface area contributed by atoms with Crippen LogP contribution in [0.15, 0.2) is 12.2 Å². The minimum atomic E-state index is -0.343. The van der Waals surface area contributed by atoms with Crippen molar-refractivity contribution in [3.8, 4) is 0 Å². The smallest absolute Gasteiger partial charge is 0.317 e. The van der Waals surface area contributed by atoms with Crippen molar-refractivity contribution in [1.29, 1.82) is 0 Å². The second-order valence-corrected chi connectivity index (χ2v) is 8.14. The van der Waals surface area contributed by atoms with Gasteiger partial charge in [-0.05, 0) is 26.2 Å². The number of hydrogen-bond donors (Lipinski definition) is 0. The van der Waals surface area contributed by atoms with E-state index in [1.807, 2.05) is 0 Å². The van der Waals surface area contributed by atoms with Gasteiger partial charge in [0.15, 0.2) is 0 Å². The zero-order valence-electron chi connectivity index (χ0n) is 17.7. The summed E-state index contributed by atoms with van der Waals surface area (Å²) >= 11 is 0. The van der Waals surface area contributed by atoms with Gasteiger partial charge in [0.05, 0.1) is 12.3 Å². The molecule has 0 aromatic rings. The topological polar surface area (TPSA) is 43.4 Å². The fourth-order valence-electron chi connectivity index (χ4n) is 3.86. The summed E-state index contributed by atoms with van der Waals surface area (Å²) in [6, 6.07) is 0. The highest BCUT2D eigenvalue weighted by Crippen LogP contribution is 2.22. The average Bonchev–Trinajstić information content (AvgIpc) is 2.98. The van der Waals surface area contributed by atoms with E-state index in [2.05, 4.69) is 23.8 Å². The number of rotatable bonds is 18. The molecule has 1 atom stereocenters.